The zero-order chi connectivity index (χ0) is 38.3. The minimum Gasteiger partial charge on any atom is -0.456 e. The molecule has 1 aromatic carbocycles. The molecule has 2 aliphatic heterocycles. The highest BCUT2D eigenvalue weighted by atomic mass is 16.7. The van der Waals surface area contributed by atoms with Crippen LogP contribution in [-0.4, -0.2) is 88.3 Å². The van der Waals surface area contributed by atoms with E-state index in [1.807, 2.05) is 69.2 Å². The van der Waals surface area contributed by atoms with E-state index in [9.17, 15) is 24.6 Å². The lowest BCUT2D eigenvalue weighted by Crippen LogP contribution is -2.83. The van der Waals surface area contributed by atoms with Crippen LogP contribution < -0.4 is 0 Å². The molecule has 4 fully saturated rings. The van der Waals surface area contributed by atoms with E-state index in [1.54, 1.807) is 30.3 Å². The predicted octanol–water partition coefficient (Wildman–Crippen LogP) is 5.54. The number of aliphatic hydroxyl groups excluding tert-OH is 1. The maximum absolute atomic E-state index is 14.3. The van der Waals surface area contributed by atoms with Gasteiger partial charge < -0.3 is 38.6 Å². The highest BCUT2D eigenvalue weighted by Crippen LogP contribution is 2.68. The molecular weight excluding hydrogens is 668 g/mol. The third kappa shape index (κ3) is 5.93. The van der Waals surface area contributed by atoms with Gasteiger partial charge in [0.2, 0.25) is 0 Å². The Morgan fingerprint density at radius 2 is 1.63 bits per heavy atom. The number of esters is 3. The van der Waals surface area contributed by atoms with Crippen molar-refractivity contribution in [3.8, 4) is 0 Å². The van der Waals surface area contributed by atoms with Crippen molar-refractivity contribution in [1.82, 2.24) is 0 Å². The summed E-state index contributed by atoms with van der Waals surface area (Å²) >= 11 is 0. The minimum atomic E-state index is -1.90. The number of rotatable bonds is 8. The van der Waals surface area contributed by atoms with Gasteiger partial charge >= 0.3 is 17.9 Å². The van der Waals surface area contributed by atoms with Gasteiger partial charge in [-0.2, -0.15) is 0 Å². The molecule has 11 nitrogen and oxygen atoms in total. The van der Waals surface area contributed by atoms with Gasteiger partial charge in [-0.25, -0.2) is 9.59 Å². The summed E-state index contributed by atoms with van der Waals surface area (Å²) in [4.78, 5) is 41.0. The Balaban J connectivity index is 1.59. The summed E-state index contributed by atoms with van der Waals surface area (Å²) in [5, 5.41) is 24.7. The lowest BCUT2D eigenvalue weighted by Gasteiger charge is -2.72. The highest BCUT2D eigenvalue weighted by molar-refractivity contribution is 5.89. The van der Waals surface area contributed by atoms with E-state index in [1.165, 1.54) is 6.92 Å². The number of carbonyl (C=O) groups is 3. The lowest BCUT2D eigenvalue weighted by atomic mass is 9.43. The van der Waals surface area contributed by atoms with Gasteiger partial charge in [-0.1, -0.05) is 72.2 Å². The first kappa shape index (κ1) is 38.9. The van der Waals surface area contributed by atoms with Gasteiger partial charge in [0.15, 0.2) is 17.5 Å². The van der Waals surface area contributed by atoms with Crippen molar-refractivity contribution in [2.45, 2.75) is 149 Å². The number of fused-ring (bicyclic) bond motifs is 4. The Morgan fingerprint density at radius 3 is 2.21 bits per heavy atom. The van der Waals surface area contributed by atoms with Crippen LogP contribution in [0.25, 0.3) is 0 Å². The maximum atomic E-state index is 14.3. The van der Waals surface area contributed by atoms with E-state index >= 15 is 0 Å². The average molecular weight is 727 g/mol. The van der Waals surface area contributed by atoms with Crippen LogP contribution in [0, 0.1) is 34.5 Å². The molecule has 5 aliphatic rings. The summed E-state index contributed by atoms with van der Waals surface area (Å²) in [5.74, 6) is -4.39. The summed E-state index contributed by atoms with van der Waals surface area (Å²) in [5.41, 5.74) is -3.47. The summed E-state index contributed by atoms with van der Waals surface area (Å²) < 4.78 is 39.0. The maximum Gasteiger partial charge on any atom is 0.338 e. The molecule has 12 atom stereocenters. The van der Waals surface area contributed by atoms with Crippen molar-refractivity contribution in [1.29, 1.82) is 0 Å². The molecule has 2 bridgehead atoms. The second-order valence-electron chi connectivity index (χ2n) is 17.8. The first-order valence-electron chi connectivity index (χ1n) is 18.9. The minimum absolute atomic E-state index is 0.0185. The van der Waals surface area contributed by atoms with Gasteiger partial charge in [-0.15, -0.1) is 0 Å². The highest BCUT2D eigenvalue weighted by Gasteiger charge is 2.79. The van der Waals surface area contributed by atoms with Crippen LogP contribution >= 0.6 is 0 Å². The molecular formula is C41H58O11. The van der Waals surface area contributed by atoms with Crippen molar-refractivity contribution in [2.75, 3.05) is 6.61 Å². The van der Waals surface area contributed by atoms with Gasteiger partial charge in [0.1, 0.15) is 23.9 Å². The van der Waals surface area contributed by atoms with Crippen molar-refractivity contribution >= 4 is 17.9 Å². The normalized spacial score (nSPS) is 39.8. The number of aliphatic hydroxyl groups is 2. The zero-order valence-electron chi connectivity index (χ0n) is 32.6. The van der Waals surface area contributed by atoms with Crippen molar-refractivity contribution < 1.29 is 53.0 Å². The fourth-order valence-corrected chi connectivity index (χ4v) is 10.9. The van der Waals surface area contributed by atoms with Crippen LogP contribution in [0.1, 0.15) is 106 Å². The molecule has 2 N–H and O–H groups in total. The molecule has 0 spiro atoms. The Labute approximate surface area is 307 Å². The fraction of sp³-hybridized carbons (Fsp3) is 0.732. The molecule has 1 aromatic rings. The number of benzene rings is 1. The molecule has 52 heavy (non-hydrogen) atoms. The lowest BCUT2D eigenvalue weighted by molar-refractivity contribution is -0.427. The van der Waals surface area contributed by atoms with Crippen LogP contribution in [0.5, 0.6) is 0 Å². The summed E-state index contributed by atoms with van der Waals surface area (Å²) in [6.07, 6.45) is -4.54. The Kier molecular flexibility index (Phi) is 9.86. The summed E-state index contributed by atoms with van der Waals surface area (Å²) in [6.45, 7) is 20.8. The average Bonchev–Trinajstić information content (AvgIpc) is 3.04. The SMILES string of the molecule is CC(=O)O[C@@]12CO[C@@H]1C[C@@H]1OC(C)(C)O[C@H]3[C@H](C)C4=C(C)[C@@H](OC(=O)[C@H](O)[C@@H](C)CC(C)C)C[C@@](O)([C@@H](OC(=O)c5ccccc5)[C@H]2[C@@]13C)C4(C)C. The molecule has 0 aromatic heterocycles. The standard InChI is InChI=1S/C41H58O11/c1-21(2)17-22(3)31(43)36(45)48-27-19-41(46)34(49-35(44)26-15-13-12-14-16-26)32-39(11)28(18-29-40(32,20-47-29)50-25(6)42)51-38(9,10)52-33(39)24(5)30(23(27)4)37(41,7)8/h12-16,21-22,24,27-29,31-34,43,46H,17-20H2,1-11H3/t22-,24+,27-,28-,29+,31+,32-,33-,34-,39+,40-,41+/m0/s1. The van der Waals surface area contributed by atoms with Crippen LogP contribution in [0.3, 0.4) is 0 Å². The topological polar surface area (TPSA) is 147 Å². The van der Waals surface area contributed by atoms with Crippen molar-refractivity contribution in [2.24, 2.45) is 34.5 Å². The van der Waals surface area contributed by atoms with Crippen molar-refractivity contribution in [3.63, 3.8) is 0 Å². The van der Waals surface area contributed by atoms with Crippen LogP contribution in [-0.2, 0) is 38.0 Å². The first-order valence-corrected chi connectivity index (χ1v) is 18.9. The number of hydrogen-bond donors (Lipinski definition) is 2. The van der Waals surface area contributed by atoms with E-state index in [4.69, 9.17) is 28.4 Å². The Bertz CT molecular complexity index is 1600. The quantitative estimate of drug-likeness (QED) is 0.198. The van der Waals surface area contributed by atoms with Crippen LogP contribution in [0.4, 0.5) is 0 Å². The third-order valence-corrected chi connectivity index (χ3v) is 13.1. The van der Waals surface area contributed by atoms with Gasteiger partial charge in [-0.3, -0.25) is 4.79 Å². The molecule has 0 unspecified atom stereocenters. The molecule has 2 saturated heterocycles. The number of ether oxygens (including phenoxy) is 6. The second kappa shape index (κ2) is 13.2. The van der Waals surface area contributed by atoms with Gasteiger partial charge in [0, 0.05) is 36.5 Å². The third-order valence-electron chi connectivity index (χ3n) is 13.1. The van der Waals surface area contributed by atoms with Gasteiger partial charge in [-0.05, 0) is 56.7 Å². The molecule has 288 valence electrons. The smallest absolute Gasteiger partial charge is 0.338 e. The molecule has 0 amide bonds. The number of hydrogen-bond acceptors (Lipinski definition) is 11. The largest absolute Gasteiger partial charge is 0.456 e. The summed E-state index contributed by atoms with van der Waals surface area (Å²) in [7, 11) is 0. The first-order chi connectivity index (χ1) is 24.1. The fourth-order valence-electron chi connectivity index (χ4n) is 10.9. The Hall–Kier alpha value is -2.83. The molecule has 11 heteroatoms. The predicted molar refractivity (Wildman–Crippen MR) is 190 cm³/mol. The van der Waals surface area contributed by atoms with E-state index in [2.05, 4.69) is 0 Å². The van der Waals surface area contributed by atoms with Gasteiger partial charge in [0.05, 0.1) is 30.3 Å². The van der Waals surface area contributed by atoms with E-state index in [-0.39, 0.29) is 36.3 Å². The second-order valence-corrected chi connectivity index (χ2v) is 17.8. The molecule has 3 aliphatic carbocycles. The van der Waals surface area contributed by atoms with E-state index in [0.29, 0.717) is 12.8 Å². The number of carbonyl (C=O) groups excluding carboxylic acids is 3. The zero-order valence-corrected chi connectivity index (χ0v) is 32.6. The molecule has 0 radical (unpaired) electrons. The Morgan fingerprint density at radius 1 is 0.981 bits per heavy atom. The molecule has 2 saturated carbocycles. The summed E-state index contributed by atoms with van der Waals surface area (Å²) in [6, 6.07) is 8.54. The molecule has 6 rings (SSSR count). The monoisotopic (exact) mass is 726 g/mol. The van der Waals surface area contributed by atoms with Crippen LogP contribution in [0.2, 0.25) is 0 Å². The van der Waals surface area contributed by atoms with Crippen molar-refractivity contribution in [3.05, 3.63) is 47.0 Å². The van der Waals surface area contributed by atoms with Gasteiger partial charge in [0.25, 0.3) is 0 Å². The van der Waals surface area contributed by atoms with E-state index in [0.717, 1.165) is 11.1 Å². The molecule has 2 heterocycles. The van der Waals surface area contributed by atoms with Crippen LogP contribution in [0.15, 0.2) is 41.5 Å². The van der Waals surface area contributed by atoms with E-state index < -0.39 is 88.3 Å².